The van der Waals surface area contributed by atoms with Gasteiger partial charge in [0.25, 0.3) is 5.91 Å². The zero-order valence-corrected chi connectivity index (χ0v) is 14.9. The maximum atomic E-state index is 12.9. The lowest BCUT2D eigenvalue weighted by molar-refractivity contribution is 0.0633. The number of aromatic nitrogens is 1. The lowest BCUT2D eigenvalue weighted by Gasteiger charge is -2.34. The molecule has 25 heavy (non-hydrogen) atoms. The van der Waals surface area contributed by atoms with E-state index in [0.29, 0.717) is 0 Å². The van der Waals surface area contributed by atoms with Gasteiger partial charge in [-0.1, -0.05) is 30.3 Å². The standard InChI is InChI=1S/C20H21N3OS/c24-20(19-18(8-15-25-19)22-9-4-5-10-22)23-13-11-21(12-14-23)16-17-6-2-1-3-7-17/h1-10,15H,11-14,16H2. The molecule has 1 amide bonds. The van der Waals surface area contributed by atoms with Gasteiger partial charge in [-0.3, -0.25) is 9.69 Å². The molecule has 0 bridgehead atoms. The largest absolute Gasteiger partial charge is 0.335 e. The highest BCUT2D eigenvalue weighted by atomic mass is 32.1. The Morgan fingerprint density at radius 2 is 1.64 bits per heavy atom. The topological polar surface area (TPSA) is 28.5 Å². The number of nitrogens with zero attached hydrogens (tertiary/aromatic N) is 3. The van der Waals surface area contributed by atoms with E-state index in [1.807, 2.05) is 51.5 Å². The third kappa shape index (κ3) is 3.52. The minimum Gasteiger partial charge on any atom is -0.335 e. The molecule has 0 spiro atoms. The summed E-state index contributed by atoms with van der Waals surface area (Å²) < 4.78 is 2.01. The highest BCUT2D eigenvalue weighted by Crippen LogP contribution is 2.24. The van der Waals surface area contributed by atoms with Crippen molar-refractivity contribution < 1.29 is 4.79 Å². The van der Waals surface area contributed by atoms with Crippen LogP contribution in [0.2, 0.25) is 0 Å². The third-order valence-corrected chi connectivity index (χ3v) is 5.52. The van der Waals surface area contributed by atoms with E-state index in [0.717, 1.165) is 43.3 Å². The number of benzene rings is 1. The lowest BCUT2D eigenvalue weighted by Crippen LogP contribution is -2.48. The summed E-state index contributed by atoms with van der Waals surface area (Å²) in [5.41, 5.74) is 2.31. The zero-order chi connectivity index (χ0) is 17.1. The number of carbonyl (C=O) groups is 1. The van der Waals surface area contributed by atoms with Crippen LogP contribution in [0.4, 0.5) is 0 Å². The van der Waals surface area contributed by atoms with Gasteiger partial charge in [-0.15, -0.1) is 11.3 Å². The van der Waals surface area contributed by atoms with Crippen molar-refractivity contribution in [2.24, 2.45) is 0 Å². The van der Waals surface area contributed by atoms with Crippen molar-refractivity contribution in [3.8, 4) is 5.69 Å². The maximum Gasteiger partial charge on any atom is 0.266 e. The number of thiophene rings is 1. The van der Waals surface area contributed by atoms with Crippen LogP contribution in [0.15, 0.2) is 66.3 Å². The van der Waals surface area contributed by atoms with Crippen LogP contribution in [0.5, 0.6) is 0 Å². The molecule has 0 aliphatic carbocycles. The SMILES string of the molecule is O=C(c1sccc1-n1cccc1)N1CCN(Cc2ccccc2)CC1. The maximum absolute atomic E-state index is 12.9. The summed E-state index contributed by atoms with van der Waals surface area (Å²) in [5, 5.41) is 1.99. The fraction of sp³-hybridized carbons (Fsp3) is 0.250. The molecule has 0 atom stereocenters. The van der Waals surface area contributed by atoms with E-state index in [1.54, 1.807) is 0 Å². The lowest BCUT2D eigenvalue weighted by atomic mass is 10.2. The summed E-state index contributed by atoms with van der Waals surface area (Å²) in [5.74, 6) is 0.151. The van der Waals surface area contributed by atoms with Gasteiger partial charge in [0.15, 0.2) is 0 Å². The van der Waals surface area contributed by atoms with Gasteiger partial charge in [-0.05, 0) is 29.1 Å². The van der Waals surface area contributed by atoms with Crippen LogP contribution in [0.25, 0.3) is 5.69 Å². The monoisotopic (exact) mass is 351 g/mol. The van der Waals surface area contributed by atoms with E-state index in [1.165, 1.54) is 16.9 Å². The second-order valence-corrected chi connectivity index (χ2v) is 7.20. The first kappa shape index (κ1) is 16.1. The van der Waals surface area contributed by atoms with E-state index in [4.69, 9.17) is 0 Å². The normalized spacial score (nSPS) is 15.4. The number of amides is 1. The predicted molar refractivity (Wildman–Crippen MR) is 101 cm³/mol. The molecule has 1 aliphatic heterocycles. The summed E-state index contributed by atoms with van der Waals surface area (Å²) in [6.07, 6.45) is 3.97. The molecule has 128 valence electrons. The molecule has 0 N–H and O–H groups in total. The van der Waals surface area contributed by atoms with Gasteiger partial charge in [0.2, 0.25) is 0 Å². The van der Waals surface area contributed by atoms with Gasteiger partial charge in [0.05, 0.1) is 5.69 Å². The van der Waals surface area contributed by atoms with E-state index in [9.17, 15) is 4.79 Å². The van der Waals surface area contributed by atoms with Crippen LogP contribution >= 0.6 is 11.3 Å². The Bertz CT molecular complexity index is 818. The van der Waals surface area contributed by atoms with Crippen molar-refractivity contribution in [3.63, 3.8) is 0 Å². The third-order valence-electron chi connectivity index (χ3n) is 4.63. The van der Waals surface area contributed by atoms with Gasteiger partial charge in [-0.2, -0.15) is 0 Å². The van der Waals surface area contributed by atoms with E-state index in [-0.39, 0.29) is 5.91 Å². The molecule has 3 heterocycles. The zero-order valence-electron chi connectivity index (χ0n) is 14.0. The number of hydrogen-bond donors (Lipinski definition) is 0. The fourth-order valence-corrected chi connectivity index (χ4v) is 4.11. The molecule has 2 aromatic heterocycles. The molecule has 4 nitrogen and oxygen atoms in total. The quantitative estimate of drug-likeness (QED) is 0.720. The second-order valence-electron chi connectivity index (χ2n) is 6.28. The minimum atomic E-state index is 0.151. The molecule has 1 saturated heterocycles. The fourth-order valence-electron chi connectivity index (χ4n) is 3.26. The van der Waals surface area contributed by atoms with Crippen LogP contribution in [-0.4, -0.2) is 46.5 Å². The molecule has 1 fully saturated rings. The van der Waals surface area contributed by atoms with Crippen molar-refractivity contribution in [1.29, 1.82) is 0 Å². The van der Waals surface area contributed by atoms with Crippen molar-refractivity contribution in [3.05, 3.63) is 76.7 Å². The van der Waals surface area contributed by atoms with Crippen LogP contribution in [0, 0.1) is 0 Å². The molecular weight excluding hydrogens is 330 g/mol. The van der Waals surface area contributed by atoms with Gasteiger partial charge in [-0.25, -0.2) is 0 Å². The van der Waals surface area contributed by atoms with Crippen LogP contribution in [0.3, 0.4) is 0 Å². The average Bonchev–Trinajstić information content (AvgIpc) is 3.34. The van der Waals surface area contributed by atoms with Gasteiger partial charge in [0.1, 0.15) is 4.88 Å². The van der Waals surface area contributed by atoms with E-state index in [2.05, 4.69) is 29.2 Å². The van der Waals surface area contributed by atoms with Crippen LogP contribution in [-0.2, 0) is 6.54 Å². The summed E-state index contributed by atoms with van der Waals surface area (Å²) in [6, 6.07) is 16.5. The Morgan fingerprint density at radius 1 is 0.920 bits per heavy atom. The molecule has 1 aromatic carbocycles. The smallest absolute Gasteiger partial charge is 0.266 e. The van der Waals surface area contributed by atoms with E-state index >= 15 is 0 Å². The Hall–Kier alpha value is -2.37. The van der Waals surface area contributed by atoms with Crippen molar-refractivity contribution in [2.45, 2.75) is 6.54 Å². The Kier molecular flexibility index (Phi) is 4.68. The molecule has 1 aliphatic rings. The molecule has 0 unspecified atom stereocenters. The number of rotatable bonds is 4. The summed E-state index contributed by atoms with van der Waals surface area (Å²) >= 11 is 1.53. The van der Waals surface area contributed by atoms with Gasteiger partial charge in [0, 0.05) is 45.1 Å². The Balaban J connectivity index is 1.40. The Morgan fingerprint density at radius 3 is 2.36 bits per heavy atom. The molecule has 0 radical (unpaired) electrons. The van der Waals surface area contributed by atoms with Gasteiger partial charge >= 0.3 is 0 Å². The first-order valence-electron chi connectivity index (χ1n) is 8.57. The highest BCUT2D eigenvalue weighted by molar-refractivity contribution is 7.12. The number of piperazine rings is 1. The predicted octanol–water partition coefficient (Wildman–Crippen LogP) is 3.50. The minimum absolute atomic E-state index is 0.151. The first-order valence-corrected chi connectivity index (χ1v) is 9.45. The second kappa shape index (κ2) is 7.25. The average molecular weight is 351 g/mol. The van der Waals surface area contributed by atoms with E-state index < -0.39 is 0 Å². The summed E-state index contributed by atoms with van der Waals surface area (Å²) in [6.45, 7) is 4.37. The number of carbonyl (C=O) groups excluding carboxylic acids is 1. The van der Waals surface area contributed by atoms with Crippen LogP contribution in [0.1, 0.15) is 15.2 Å². The van der Waals surface area contributed by atoms with Crippen molar-refractivity contribution >= 4 is 17.2 Å². The molecule has 4 rings (SSSR count). The highest BCUT2D eigenvalue weighted by Gasteiger charge is 2.25. The van der Waals surface area contributed by atoms with Crippen LogP contribution < -0.4 is 0 Å². The molecular formula is C20H21N3OS. The molecule has 0 saturated carbocycles. The Labute approximate surface area is 151 Å². The summed E-state index contributed by atoms with van der Waals surface area (Å²) in [4.78, 5) is 18.2. The van der Waals surface area contributed by atoms with Crippen molar-refractivity contribution in [1.82, 2.24) is 14.4 Å². The molecule has 5 heteroatoms. The molecule has 3 aromatic rings. The van der Waals surface area contributed by atoms with Gasteiger partial charge < -0.3 is 9.47 Å². The van der Waals surface area contributed by atoms with Crippen molar-refractivity contribution in [2.75, 3.05) is 26.2 Å². The summed E-state index contributed by atoms with van der Waals surface area (Å²) in [7, 11) is 0. The number of hydrogen-bond acceptors (Lipinski definition) is 3. The first-order chi connectivity index (χ1) is 12.3.